The van der Waals surface area contributed by atoms with Gasteiger partial charge in [-0.05, 0) is 0 Å². The number of hydrogen-bond acceptors (Lipinski definition) is 5. The van der Waals surface area contributed by atoms with Crippen LogP contribution in [0.3, 0.4) is 0 Å². The predicted octanol–water partition coefficient (Wildman–Crippen LogP) is -2.26. The van der Waals surface area contributed by atoms with Gasteiger partial charge >= 0.3 is 5.69 Å². The molecule has 0 saturated carbocycles. The van der Waals surface area contributed by atoms with Crippen LogP contribution in [0.5, 0.6) is 0 Å². The molecule has 1 aliphatic rings. The lowest BCUT2D eigenvalue weighted by atomic mass is 10.4. The first-order valence-electron chi connectivity index (χ1n) is 6.11. The van der Waals surface area contributed by atoms with E-state index in [2.05, 4.69) is 4.98 Å². The van der Waals surface area contributed by atoms with Crippen molar-refractivity contribution in [3.63, 3.8) is 0 Å². The van der Waals surface area contributed by atoms with Gasteiger partial charge in [0, 0.05) is 27.2 Å². The minimum Gasteiger partial charge on any atom is -0.368 e. The summed E-state index contributed by atoms with van der Waals surface area (Å²) in [4.78, 5) is 41.2. The van der Waals surface area contributed by atoms with E-state index in [9.17, 15) is 14.4 Å². The molecule has 0 bridgehead atoms. The first kappa shape index (κ1) is 12.5. The fourth-order valence-corrected chi connectivity index (χ4v) is 2.55. The summed E-state index contributed by atoms with van der Waals surface area (Å²) in [6, 6.07) is 0. The summed E-state index contributed by atoms with van der Waals surface area (Å²) >= 11 is 0. The molecule has 1 amide bonds. The summed E-state index contributed by atoms with van der Waals surface area (Å²) in [7, 11) is 2.99. The highest BCUT2D eigenvalue weighted by Crippen LogP contribution is 2.24. The van der Waals surface area contributed by atoms with Crippen LogP contribution in [0.2, 0.25) is 0 Å². The van der Waals surface area contributed by atoms with Gasteiger partial charge in [-0.3, -0.25) is 18.7 Å². The Balaban J connectivity index is 2.32. The van der Waals surface area contributed by atoms with Crippen molar-refractivity contribution in [2.45, 2.75) is 6.54 Å². The zero-order valence-corrected chi connectivity index (χ0v) is 11.2. The Hall–Kier alpha value is -2.58. The van der Waals surface area contributed by atoms with Crippen molar-refractivity contribution < 1.29 is 4.79 Å². The Morgan fingerprint density at radius 1 is 1.25 bits per heavy atom. The summed E-state index contributed by atoms with van der Waals surface area (Å²) in [5, 5.41) is 0. The van der Waals surface area contributed by atoms with Crippen molar-refractivity contribution in [3.8, 4) is 0 Å². The molecule has 20 heavy (non-hydrogen) atoms. The number of nitrogens with two attached hydrogens (primary N) is 1. The van der Waals surface area contributed by atoms with Crippen LogP contribution >= 0.6 is 0 Å². The summed E-state index contributed by atoms with van der Waals surface area (Å²) in [6.45, 7) is 1.14. The SMILES string of the molecule is Cn1c(=O)c2c(nc3n2CCN3CC(N)=O)n(C)c1=O. The molecular weight excluding hydrogens is 264 g/mol. The van der Waals surface area contributed by atoms with Gasteiger partial charge in [0.25, 0.3) is 5.56 Å². The number of fused-ring (bicyclic) bond motifs is 3. The van der Waals surface area contributed by atoms with Crippen molar-refractivity contribution >= 4 is 23.0 Å². The third-order valence-electron chi connectivity index (χ3n) is 3.55. The molecule has 0 aliphatic carbocycles. The van der Waals surface area contributed by atoms with Crippen molar-refractivity contribution in [1.82, 2.24) is 18.7 Å². The van der Waals surface area contributed by atoms with Gasteiger partial charge in [-0.15, -0.1) is 0 Å². The van der Waals surface area contributed by atoms with E-state index < -0.39 is 11.6 Å². The summed E-state index contributed by atoms with van der Waals surface area (Å²) in [5.41, 5.74) is 5.07. The molecular formula is C11H14N6O3. The second-order valence-electron chi connectivity index (χ2n) is 4.83. The Morgan fingerprint density at radius 2 is 1.95 bits per heavy atom. The summed E-state index contributed by atoms with van der Waals surface area (Å²) < 4.78 is 4.10. The minimum atomic E-state index is -0.465. The topological polar surface area (TPSA) is 108 Å². The molecule has 0 saturated heterocycles. The number of amides is 1. The van der Waals surface area contributed by atoms with E-state index in [1.54, 1.807) is 16.5 Å². The molecule has 2 aromatic rings. The first-order chi connectivity index (χ1) is 9.41. The molecule has 3 rings (SSSR count). The average molecular weight is 278 g/mol. The van der Waals surface area contributed by atoms with Crippen molar-refractivity contribution in [2.24, 2.45) is 19.8 Å². The molecule has 1 aliphatic heterocycles. The van der Waals surface area contributed by atoms with Crippen molar-refractivity contribution in [3.05, 3.63) is 20.8 Å². The molecule has 0 fully saturated rings. The van der Waals surface area contributed by atoms with Crippen molar-refractivity contribution in [2.75, 3.05) is 18.0 Å². The van der Waals surface area contributed by atoms with E-state index >= 15 is 0 Å². The molecule has 9 nitrogen and oxygen atoms in total. The number of anilines is 1. The number of imidazole rings is 1. The molecule has 0 unspecified atom stereocenters. The van der Waals surface area contributed by atoms with E-state index in [0.717, 1.165) is 4.57 Å². The zero-order valence-electron chi connectivity index (χ0n) is 11.2. The van der Waals surface area contributed by atoms with Crippen LogP contribution in [0.25, 0.3) is 11.2 Å². The number of carbonyl (C=O) groups is 1. The van der Waals surface area contributed by atoms with Crippen LogP contribution in [0.15, 0.2) is 9.59 Å². The highest BCUT2D eigenvalue weighted by Gasteiger charge is 2.27. The maximum absolute atomic E-state index is 12.2. The number of aromatic nitrogens is 4. The predicted molar refractivity (Wildman–Crippen MR) is 71.6 cm³/mol. The third-order valence-corrected chi connectivity index (χ3v) is 3.55. The maximum Gasteiger partial charge on any atom is 0.332 e. The molecule has 106 valence electrons. The lowest BCUT2D eigenvalue weighted by Crippen LogP contribution is -2.37. The fourth-order valence-electron chi connectivity index (χ4n) is 2.55. The normalized spacial score (nSPS) is 14.0. The van der Waals surface area contributed by atoms with E-state index in [1.165, 1.54) is 11.6 Å². The van der Waals surface area contributed by atoms with E-state index in [0.29, 0.717) is 30.2 Å². The largest absolute Gasteiger partial charge is 0.368 e. The Labute approximate surface area is 112 Å². The standard InChI is InChI=1S/C11H14N6O3/c1-14-8-7(9(19)15(2)11(14)20)17-4-3-16(5-6(12)18)10(17)13-8/h3-5H2,1-2H3,(H2,12,18). The zero-order chi connectivity index (χ0) is 14.6. The molecule has 0 atom stereocenters. The number of rotatable bonds is 2. The van der Waals surface area contributed by atoms with Gasteiger partial charge in [0.15, 0.2) is 11.2 Å². The molecule has 9 heteroatoms. The number of aryl methyl sites for hydroxylation is 1. The molecule has 2 aromatic heterocycles. The van der Waals surface area contributed by atoms with Crippen LogP contribution in [-0.2, 0) is 25.4 Å². The summed E-state index contributed by atoms with van der Waals surface area (Å²) in [6.07, 6.45) is 0. The lowest BCUT2D eigenvalue weighted by molar-refractivity contribution is -0.116. The van der Waals surface area contributed by atoms with Gasteiger partial charge in [0.2, 0.25) is 11.9 Å². The number of hydrogen-bond donors (Lipinski definition) is 1. The molecule has 0 spiro atoms. The van der Waals surface area contributed by atoms with Crippen LogP contribution in [0.4, 0.5) is 5.95 Å². The molecule has 0 radical (unpaired) electrons. The van der Waals surface area contributed by atoms with Crippen molar-refractivity contribution in [1.29, 1.82) is 0 Å². The molecule has 3 heterocycles. The maximum atomic E-state index is 12.2. The summed E-state index contributed by atoms with van der Waals surface area (Å²) in [5.74, 6) is 0.0318. The van der Waals surface area contributed by atoms with Gasteiger partial charge in [0.05, 0.1) is 6.54 Å². The monoisotopic (exact) mass is 278 g/mol. The van der Waals surface area contributed by atoms with Gasteiger partial charge < -0.3 is 15.2 Å². The van der Waals surface area contributed by atoms with Gasteiger partial charge in [0.1, 0.15) is 0 Å². The van der Waals surface area contributed by atoms with Gasteiger partial charge in [-0.1, -0.05) is 0 Å². The second kappa shape index (κ2) is 3.95. The third kappa shape index (κ3) is 1.49. The van der Waals surface area contributed by atoms with Crippen LogP contribution < -0.4 is 21.9 Å². The van der Waals surface area contributed by atoms with Crippen LogP contribution in [0.1, 0.15) is 0 Å². The Kier molecular flexibility index (Phi) is 2.46. The minimum absolute atomic E-state index is 0.0393. The fraction of sp³-hybridized carbons (Fsp3) is 0.455. The smallest absolute Gasteiger partial charge is 0.332 e. The highest BCUT2D eigenvalue weighted by atomic mass is 16.2. The molecule has 0 aromatic carbocycles. The lowest BCUT2D eigenvalue weighted by Gasteiger charge is -2.12. The van der Waals surface area contributed by atoms with Crippen LogP contribution in [0, 0.1) is 0 Å². The average Bonchev–Trinajstić information content (AvgIpc) is 2.93. The number of primary amides is 1. The number of carbonyl (C=O) groups excluding carboxylic acids is 1. The van der Waals surface area contributed by atoms with Gasteiger partial charge in [-0.2, -0.15) is 4.98 Å². The van der Waals surface area contributed by atoms with E-state index in [4.69, 9.17) is 5.73 Å². The van der Waals surface area contributed by atoms with Gasteiger partial charge in [-0.25, -0.2) is 4.79 Å². The van der Waals surface area contributed by atoms with E-state index in [1.807, 2.05) is 0 Å². The first-order valence-corrected chi connectivity index (χ1v) is 6.11. The van der Waals surface area contributed by atoms with Crippen LogP contribution in [-0.4, -0.2) is 37.7 Å². The second-order valence-corrected chi connectivity index (χ2v) is 4.83. The molecule has 2 N–H and O–H groups in total. The quantitative estimate of drug-likeness (QED) is 0.667. The number of nitrogens with zero attached hydrogens (tertiary/aromatic N) is 5. The Morgan fingerprint density at radius 3 is 2.60 bits per heavy atom. The highest BCUT2D eigenvalue weighted by molar-refractivity contribution is 5.81. The van der Waals surface area contributed by atoms with E-state index in [-0.39, 0.29) is 12.1 Å². The Bertz CT molecular complexity index is 842.